The van der Waals surface area contributed by atoms with E-state index in [9.17, 15) is 18.0 Å². The highest BCUT2D eigenvalue weighted by Crippen LogP contribution is 2.36. The normalized spacial score (nSPS) is 12.4. The third-order valence-electron chi connectivity index (χ3n) is 7.84. The molecule has 0 saturated carbocycles. The van der Waals surface area contributed by atoms with Gasteiger partial charge in [-0.25, -0.2) is 12.8 Å². The van der Waals surface area contributed by atoms with Crippen molar-refractivity contribution in [3.8, 4) is 11.5 Å². The molecule has 0 fully saturated rings. The molecule has 0 aliphatic heterocycles. The van der Waals surface area contributed by atoms with Crippen molar-refractivity contribution in [1.29, 1.82) is 0 Å². The maximum Gasteiger partial charge on any atom is 0.264 e. The molecule has 4 aromatic carbocycles. The van der Waals surface area contributed by atoms with Crippen LogP contribution >= 0.6 is 0 Å². The van der Waals surface area contributed by atoms with Gasteiger partial charge in [-0.3, -0.25) is 13.9 Å². The van der Waals surface area contributed by atoms with Crippen LogP contribution in [-0.2, 0) is 32.6 Å². The Labute approximate surface area is 276 Å². The predicted molar refractivity (Wildman–Crippen MR) is 179 cm³/mol. The molecule has 0 spiro atoms. The van der Waals surface area contributed by atoms with E-state index in [1.165, 1.54) is 55.5 Å². The summed E-state index contributed by atoms with van der Waals surface area (Å²) < 4.78 is 55.5. The van der Waals surface area contributed by atoms with Crippen LogP contribution in [0.2, 0.25) is 0 Å². The first-order chi connectivity index (χ1) is 22.6. The minimum absolute atomic E-state index is 0.0542. The number of hydrogen-bond donors (Lipinski definition) is 1. The van der Waals surface area contributed by atoms with Crippen molar-refractivity contribution in [2.45, 2.75) is 50.2 Å². The molecule has 0 saturated heterocycles. The van der Waals surface area contributed by atoms with Crippen LogP contribution in [0.4, 0.5) is 10.1 Å². The smallest absolute Gasteiger partial charge is 0.264 e. The molecular weight excluding hydrogens is 621 g/mol. The molecule has 0 aromatic heterocycles. The molecule has 47 heavy (non-hydrogen) atoms. The number of benzene rings is 4. The van der Waals surface area contributed by atoms with Crippen molar-refractivity contribution in [2.24, 2.45) is 0 Å². The van der Waals surface area contributed by atoms with Gasteiger partial charge < -0.3 is 19.7 Å². The van der Waals surface area contributed by atoms with Crippen LogP contribution in [0, 0.1) is 5.82 Å². The first-order valence-electron chi connectivity index (χ1n) is 15.3. The van der Waals surface area contributed by atoms with E-state index in [1.807, 2.05) is 44.2 Å². The van der Waals surface area contributed by atoms with Crippen LogP contribution in [0.25, 0.3) is 0 Å². The number of carbonyl (C=O) groups excluding carboxylic acids is 2. The van der Waals surface area contributed by atoms with Crippen molar-refractivity contribution in [3.63, 3.8) is 0 Å². The van der Waals surface area contributed by atoms with Crippen LogP contribution in [-0.4, -0.2) is 58.0 Å². The number of ether oxygens (including phenoxy) is 2. The summed E-state index contributed by atoms with van der Waals surface area (Å²) in [6.45, 7) is 2.76. The van der Waals surface area contributed by atoms with Gasteiger partial charge in [-0.05, 0) is 49.2 Å². The molecule has 2 amide bonds. The van der Waals surface area contributed by atoms with Gasteiger partial charge in [0, 0.05) is 30.6 Å². The summed E-state index contributed by atoms with van der Waals surface area (Å²) in [6, 6.07) is 26.1. The number of nitrogens with zero attached hydrogens (tertiary/aromatic N) is 2. The second-order valence-corrected chi connectivity index (χ2v) is 12.9. The topological polar surface area (TPSA) is 105 Å². The van der Waals surface area contributed by atoms with Gasteiger partial charge in [0.1, 0.15) is 29.9 Å². The number of rotatable bonds is 15. The van der Waals surface area contributed by atoms with Crippen molar-refractivity contribution in [3.05, 3.63) is 120 Å². The molecule has 1 N–H and O–H groups in total. The van der Waals surface area contributed by atoms with Crippen molar-refractivity contribution >= 4 is 27.5 Å². The average molecular weight is 662 g/mol. The highest BCUT2D eigenvalue weighted by molar-refractivity contribution is 7.92. The second-order valence-electron chi connectivity index (χ2n) is 11.0. The van der Waals surface area contributed by atoms with Crippen LogP contribution in [0.15, 0.2) is 108 Å². The van der Waals surface area contributed by atoms with Crippen molar-refractivity contribution in [2.75, 3.05) is 25.1 Å². The van der Waals surface area contributed by atoms with Gasteiger partial charge in [-0.2, -0.15) is 0 Å². The summed E-state index contributed by atoms with van der Waals surface area (Å²) in [5.41, 5.74) is 0.997. The van der Waals surface area contributed by atoms with Gasteiger partial charge in [-0.15, -0.1) is 0 Å². The lowest BCUT2D eigenvalue weighted by Crippen LogP contribution is -2.54. The molecule has 0 heterocycles. The zero-order valence-electron chi connectivity index (χ0n) is 26.9. The van der Waals surface area contributed by atoms with Crippen molar-refractivity contribution < 1.29 is 31.9 Å². The van der Waals surface area contributed by atoms with Gasteiger partial charge in [0.2, 0.25) is 11.8 Å². The minimum atomic E-state index is -4.37. The summed E-state index contributed by atoms with van der Waals surface area (Å²) in [5.74, 6) is -1.22. The largest absolute Gasteiger partial charge is 0.497 e. The van der Waals surface area contributed by atoms with E-state index in [1.54, 1.807) is 36.4 Å². The highest BCUT2D eigenvalue weighted by atomic mass is 32.2. The number of methoxy groups -OCH3 is 2. The maximum atomic E-state index is 15.1. The van der Waals surface area contributed by atoms with Crippen LogP contribution in [0.5, 0.6) is 11.5 Å². The number of anilines is 1. The molecule has 9 nitrogen and oxygen atoms in total. The lowest BCUT2D eigenvalue weighted by molar-refractivity contribution is -0.140. The first-order valence-corrected chi connectivity index (χ1v) is 16.7. The molecular formula is C36H40FN3O6S. The lowest BCUT2D eigenvalue weighted by atomic mass is 10.0. The molecule has 2 atom stereocenters. The summed E-state index contributed by atoms with van der Waals surface area (Å²) >= 11 is 0. The summed E-state index contributed by atoms with van der Waals surface area (Å²) in [6.07, 6.45) is 0.751. The number of nitrogens with one attached hydrogen (secondary N) is 1. The highest BCUT2D eigenvalue weighted by Gasteiger charge is 2.36. The van der Waals surface area contributed by atoms with Gasteiger partial charge in [0.05, 0.1) is 24.8 Å². The molecule has 0 bridgehead atoms. The zero-order chi connectivity index (χ0) is 34.0. The quantitative estimate of drug-likeness (QED) is 0.178. The van der Waals surface area contributed by atoms with Crippen LogP contribution < -0.4 is 19.1 Å². The van der Waals surface area contributed by atoms with E-state index >= 15 is 4.39 Å². The van der Waals surface area contributed by atoms with Gasteiger partial charge in [0.25, 0.3) is 10.0 Å². The fourth-order valence-electron chi connectivity index (χ4n) is 5.03. The predicted octanol–water partition coefficient (Wildman–Crippen LogP) is 5.59. The Balaban J connectivity index is 1.87. The molecule has 0 unspecified atom stereocenters. The number of amides is 2. The minimum Gasteiger partial charge on any atom is -0.497 e. The van der Waals surface area contributed by atoms with Crippen molar-refractivity contribution in [1.82, 2.24) is 10.2 Å². The Kier molecular flexibility index (Phi) is 12.0. The van der Waals surface area contributed by atoms with E-state index in [0.29, 0.717) is 12.2 Å². The lowest BCUT2D eigenvalue weighted by Gasteiger charge is -2.34. The fraction of sp³-hybridized carbons (Fsp3) is 0.278. The summed E-state index contributed by atoms with van der Waals surface area (Å²) in [7, 11) is -1.55. The van der Waals surface area contributed by atoms with E-state index in [0.717, 1.165) is 9.87 Å². The molecule has 0 radical (unpaired) electrons. The van der Waals surface area contributed by atoms with Gasteiger partial charge in [-0.1, -0.05) is 73.7 Å². The van der Waals surface area contributed by atoms with Gasteiger partial charge in [0.15, 0.2) is 0 Å². The Hall–Kier alpha value is -4.90. The standard InChI is InChI=1S/C36H40FN3O6S/c1-5-26(2)38-36(42)33(22-27-14-8-6-9-15-27)39(24-28-16-12-13-19-31(28)37)35(41)25-40(47(43,44)30-17-10-7-11-18-30)32-23-29(45-3)20-21-34(32)46-4/h6-21,23,26,33H,5,22,24-25H2,1-4H3,(H,38,42)/t26-,33-/m1/s1. The number of halogens is 1. The zero-order valence-corrected chi connectivity index (χ0v) is 27.7. The maximum absolute atomic E-state index is 15.1. The Morgan fingerprint density at radius 2 is 1.51 bits per heavy atom. The Morgan fingerprint density at radius 1 is 0.872 bits per heavy atom. The Morgan fingerprint density at radius 3 is 2.13 bits per heavy atom. The Bertz CT molecular complexity index is 1760. The van der Waals surface area contributed by atoms with E-state index in [2.05, 4.69) is 5.32 Å². The molecule has 248 valence electrons. The van der Waals surface area contributed by atoms with Crippen LogP contribution in [0.3, 0.4) is 0 Å². The molecule has 0 aliphatic carbocycles. The summed E-state index contributed by atoms with van der Waals surface area (Å²) in [4.78, 5) is 29.7. The third-order valence-corrected chi connectivity index (χ3v) is 9.61. The van der Waals surface area contributed by atoms with E-state index in [4.69, 9.17) is 9.47 Å². The number of carbonyl (C=O) groups is 2. The SMILES string of the molecule is CC[C@@H](C)NC(=O)[C@@H](Cc1ccccc1)N(Cc1ccccc1F)C(=O)CN(c1cc(OC)ccc1OC)S(=O)(=O)c1ccccc1. The number of hydrogen-bond acceptors (Lipinski definition) is 6. The van der Waals surface area contributed by atoms with Gasteiger partial charge >= 0.3 is 0 Å². The molecule has 11 heteroatoms. The third kappa shape index (κ3) is 8.68. The monoisotopic (exact) mass is 661 g/mol. The summed E-state index contributed by atoms with van der Waals surface area (Å²) in [5, 5.41) is 2.97. The van der Waals surface area contributed by atoms with Crippen LogP contribution in [0.1, 0.15) is 31.4 Å². The van der Waals surface area contributed by atoms with E-state index < -0.39 is 40.2 Å². The number of sulfonamides is 1. The molecule has 4 aromatic rings. The average Bonchev–Trinajstić information content (AvgIpc) is 3.09. The molecule has 0 aliphatic rings. The van der Waals surface area contributed by atoms with E-state index in [-0.39, 0.29) is 40.9 Å². The second kappa shape index (κ2) is 16.1. The fourth-order valence-corrected chi connectivity index (χ4v) is 6.47. The first kappa shape index (κ1) is 35.0. The molecule has 4 rings (SSSR count).